The van der Waals surface area contributed by atoms with Crippen molar-refractivity contribution in [2.24, 2.45) is 0 Å². The van der Waals surface area contributed by atoms with Gasteiger partial charge in [-0.25, -0.2) is 9.59 Å². The van der Waals surface area contributed by atoms with Gasteiger partial charge < -0.3 is 20.1 Å². The van der Waals surface area contributed by atoms with E-state index in [0.717, 1.165) is 17.8 Å². The van der Waals surface area contributed by atoms with Gasteiger partial charge in [0.05, 0.1) is 30.0 Å². The Bertz CT molecular complexity index is 881. The fourth-order valence-electron chi connectivity index (χ4n) is 2.49. The second kappa shape index (κ2) is 11.1. The Balaban J connectivity index is 2.02. The Labute approximate surface area is 183 Å². The van der Waals surface area contributed by atoms with Crippen LogP contribution in [-0.2, 0) is 16.0 Å². The number of hydrogen-bond acceptors (Lipinski definition) is 7. The van der Waals surface area contributed by atoms with E-state index in [4.69, 9.17) is 33.3 Å². The molecule has 2 rings (SSSR count). The van der Waals surface area contributed by atoms with E-state index in [2.05, 4.69) is 15.7 Å². The molecule has 2 aromatic heterocycles. The number of aromatic nitrogens is 2. The molecule has 0 aliphatic carbocycles. The van der Waals surface area contributed by atoms with Gasteiger partial charge in [0.15, 0.2) is 5.11 Å². The first-order valence-corrected chi connectivity index (χ1v) is 10.7. The quantitative estimate of drug-likeness (QED) is 0.334. The summed E-state index contributed by atoms with van der Waals surface area (Å²) >= 11 is 12.3. The molecule has 0 aromatic carbocycles. The molecule has 8 nitrogen and oxygen atoms in total. The molecule has 0 saturated heterocycles. The van der Waals surface area contributed by atoms with Crippen LogP contribution in [0.2, 0.25) is 5.02 Å². The maximum Gasteiger partial charge on any atom is 0.348 e. The summed E-state index contributed by atoms with van der Waals surface area (Å²) in [4.78, 5) is 24.9. The summed E-state index contributed by atoms with van der Waals surface area (Å²) in [6.07, 6.45) is 4.09. The molecule has 2 heterocycles. The zero-order valence-corrected chi connectivity index (χ0v) is 18.8. The van der Waals surface area contributed by atoms with Crippen LogP contribution in [0.1, 0.15) is 45.9 Å². The number of carbonyl (C=O) groups excluding carboxylic acids is 2. The number of hydrogen-bond donors (Lipinski definition) is 2. The van der Waals surface area contributed by atoms with Gasteiger partial charge in [0.2, 0.25) is 0 Å². The first kappa shape index (κ1) is 23.1. The van der Waals surface area contributed by atoms with Gasteiger partial charge in [-0.15, -0.1) is 11.3 Å². The summed E-state index contributed by atoms with van der Waals surface area (Å²) in [5, 5.41) is 11.6. The SMILES string of the molecule is CCOC(=O)c1sc(NC(=S)NCCCn2cc(Cl)cn2)c(C(=O)OCC)c1C. The Morgan fingerprint density at radius 3 is 2.59 bits per heavy atom. The standard InChI is InChI=1S/C18H23ClN4O4S2/c1-4-26-16(24)13-11(3)14(17(25)27-5-2)29-15(13)22-18(28)20-7-6-8-23-10-12(19)9-21-23/h9-10H,4-8H2,1-3H3,(H2,20,22,28). The van der Waals surface area contributed by atoms with Crippen LogP contribution >= 0.6 is 35.2 Å². The molecule has 0 spiro atoms. The number of anilines is 1. The zero-order valence-electron chi connectivity index (χ0n) is 16.4. The lowest BCUT2D eigenvalue weighted by molar-refractivity contribution is 0.0527. The van der Waals surface area contributed by atoms with Crippen LogP contribution in [-0.4, -0.2) is 46.6 Å². The first-order chi connectivity index (χ1) is 13.9. The van der Waals surface area contributed by atoms with Crippen molar-refractivity contribution in [2.75, 3.05) is 25.1 Å². The van der Waals surface area contributed by atoms with Gasteiger partial charge in [0.1, 0.15) is 9.88 Å². The lowest BCUT2D eigenvalue weighted by Gasteiger charge is -2.11. The fraction of sp³-hybridized carbons (Fsp3) is 0.444. The van der Waals surface area contributed by atoms with Gasteiger partial charge in [0.25, 0.3) is 0 Å². The van der Waals surface area contributed by atoms with Crippen molar-refractivity contribution in [1.29, 1.82) is 0 Å². The monoisotopic (exact) mass is 458 g/mol. The fourth-order valence-corrected chi connectivity index (χ4v) is 4.01. The highest BCUT2D eigenvalue weighted by atomic mass is 35.5. The van der Waals surface area contributed by atoms with Crippen molar-refractivity contribution in [3.8, 4) is 0 Å². The van der Waals surface area contributed by atoms with Crippen LogP contribution < -0.4 is 10.6 Å². The van der Waals surface area contributed by atoms with Gasteiger partial charge in [-0.1, -0.05) is 11.6 Å². The molecule has 0 amide bonds. The Kier molecular flexibility index (Phi) is 8.87. The van der Waals surface area contributed by atoms with Crippen molar-refractivity contribution >= 4 is 57.2 Å². The highest BCUT2D eigenvalue weighted by Gasteiger charge is 2.26. The van der Waals surface area contributed by atoms with E-state index in [1.165, 1.54) is 0 Å². The van der Waals surface area contributed by atoms with Crippen LogP contribution in [0.25, 0.3) is 0 Å². The lowest BCUT2D eigenvalue weighted by Crippen LogP contribution is -2.30. The van der Waals surface area contributed by atoms with Gasteiger partial charge in [-0.05, 0) is 45.0 Å². The maximum atomic E-state index is 12.4. The molecule has 0 aliphatic rings. The number of thiophene rings is 1. The number of esters is 2. The van der Waals surface area contributed by atoms with E-state index in [1.807, 2.05) is 0 Å². The molecule has 0 saturated carbocycles. The van der Waals surface area contributed by atoms with E-state index in [1.54, 1.807) is 37.8 Å². The van der Waals surface area contributed by atoms with E-state index >= 15 is 0 Å². The van der Waals surface area contributed by atoms with Gasteiger partial charge in [-0.3, -0.25) is 4.68 Å². The topological polar surface area (TPSA) is 94.5 Å². The summed E-state index contributed by atoms with van der Waals surface area (Å²) in [5.74, 6) is -0.997. The molecule has 29 heavy (non-hydrogen) atoms. The number of halogens is 1. The van der Waals surface area contributed by atoms with Crippen LogP contribution in [0.15, 0.2) is 12.4 Å². The minimum atomic E-state index is -0.516. The van der Waals surface area contributed by atoms with Gasteiger partial charge in [0, 0.05) is 19.3 Å². The summed E-state index contributed by atoms with van der Waals surface area (Å²) in [5.41, 5.74) is 0.794. The van der Waals surface area contributed by atoms with Crippen molar-refractivity contribution < 1.29 is 19.1 Å². The van der Waals surface area contributed by atoms with Gasteiger partial charge >= 0.3 is 11.9 Å². The summed E-state index contributed by atoms with van der Waals surface area (Å²) < 4.78 is 11.9. The Morgan fingerprint density at radius 2 is 1.97 bits per heavy atom. The van der Waals surface area contributed by atoms with Crippen LogP contribution in [0, 0.1) is 6.92 Å². The Hall–Kier alpha value is -2.17. The highest BCUT2D eigenvalue weighted by Crippen LogP contribution is 2.34. The average Bonchev–Trinajstić information content (AvgIpc) is 3.22. The van der Waals surface area contributed by atoms with E-state index in [9.17, 15) is 9.59 Å². The molecule has 2 aromatic rings. The summed E-state index contributed by atoms with van der Waals surface area (Å²) in [6.45, 7) is 6.87. The predicted octanol–water partition coefficient (Wildman–Crippen LogP) is 3.64. The first-order valence-electron chi connectivity index (χ1n) is 9.07. The number of ether oxygens (including phenoxy) is 2. The average molecular weight is 459 g/mol. The number of thiocarbonyl (C=S) groups is 1. The molecule has 0 atom stereocenters. The van der Waals surface area contributed by atoms with E-state index in [-0.39, 0.29) is 18.8 Å². The third kappa shape index (κ3) is 6.41. The van der Waals surface area contributed by atoms with E-state index < -0.39 is 11.9 Å². The van der Waals surface area contributed by atoms with E-state index in [0.29, 0.717) is 38.7 Å². The minimum absolute atomic E-state index is 0.225. The largest absolute Gasteiger partial charge is 0.462 e. The Morgan fingerprint density at radius 1 is 1.28 bits per heavy atom. The second-order valence-corrected chi connectivity index (χ2v) is 7.72. The van der Waals surface area contributed by atoms with Crippen molar-refractivity contribution in [3.63, 3.8) is 0 Å². The molecular weight excluding hydrogens is 436 g/mol. The van der Waals surface area contributed by atoms with Crippen molar-refractivity contribution in [2.45, 2.75) is 33.7 Å². The smallest absolute Gasteiger partial charge is 0.348 e. The molecule has 158 valence electrons. The highest BCUT2D eigenvalue weighted by molar-refractivity contribution is 7.80. The normalized spacial score (nSPS) is 10.5. The molecule has 0 bridgehead atoms. The molecule has 11 heteroatoms. The van der Waals surface area contributed by atoms with Crippen LogP contribution in [0.5, 0.6) is 0 Å². The molecular formula is C18H23ClN4O4S2. The molecule has 0 radical (unpaired) electrons. The minimum Gasteiger partial charge on any atom is -0.462 e. The number of nitrogens with zero attached hydrogens (tertiary/aromatic N) is 2. The number of nitrogens with one attached hydrogen (secondary N) is 2. The van der Waals surface area contributed by atoms with Crippen LogP contribution in [0.4, 0.5) is 5.00 Å². The number of carbonyl (C=O) groups is 2. The maximum absolute atomic E-state index is 12.4. The zero-order chi connectivity index (χ0) is 21.4. The van der Waals surface area contributed by atoms with Crippen molar-refractivity contribution in [1.82, 2.24) is 15.1 Å². The van der Waals surface area contributed by atoms with Gasteiger partial charge in [-0.2, -0.15) is 5.10 Å². The summed E-state index contributed by atoms with van der Waals surface area (Å²) in [7, 11) is 0. The van der Waals surface area contributed by atoms with Crippen LogP contribution in [0.3, 0.4) is 0 Å². The molecule has 0 unspecified atom stereocenters. The molecule has 0 aliphatic heterocycles. The number of rotatable bonds is 9. The molecule has 0 fully saturated rings. The third-order valence-electron chi connectivity index (χ3n) is 3.77. The lowest BCUT2D eigenvalue weighted by atomic mass is 10.1. The second-order valence-electron chi connectivity index (χ2n) is 5.86. The predicted molar refractivity (Wildman–Crippen MR) is 117 cm³/mol. The number of aryl methyl sites for hydroxylation is 1. The third-order valence-corrected chi connectivity index (χ3v) is 5.39. The van der Waals surface area contributed by atoms with Crippen molar-refractivity contribution in [3.05, 3.63) is 33.4 Å². The summed E-state index contributed by atoms with van der Waals surface area (Å²) in [6, 6.07) is 0. The molecule has 2 N–H and O–H groups in total.